The molecule has 1 saturated heterocycles. The fourth-order valence-corrected chi connectivity index (χ4v) is 4.46. The summed E-state index contributed by atoms with van der Waals surface area (Å²) in [6, 6.07) is 0. The number of hydrogen-bond donors (Lipinski definition) is 1. The number of nitrogens with one attached hydrogen (secondary N) is 1. The predicted octanol–water partition coefficient (Wildman–Crippen LogP) is 2.31. The molecule has 108 valence electrons. The summed E-state index contributed by atoms with van der Waals surface area (Å²) in [6.07, 6.45) is 5.57. The van der Waals surface area contributed by atoms with E-state index in [9.17, 15) is 8.42 Å². The molecular formula is C13H23N3O2S. The molecule has 1 aliphatic rings. The van der Waals surface area contributed by atoms with Gasteiger partial charge in [0, 0.05) is 13.1 Å². The van der Waals surface area contributed by atoms with Gasteiger partial charge in [0.25, 0.3) is 0 Å². The molecule has 0 saturated carbocycles. The van der Waals surface area contributed by atoms with Crippen LogP contribution in [-0.4, -0.2) is 36.0 Å². The molecule has 0 unspecified atom stereocenters. The van der Waals surface area contributed by atoms with Gasteiger partial charge in [-0.15, -0.1) is 0 Å². The second-order valence-electron chi connectivity index (χ2n) is 5.47. The normalized spacial score (nSPS) is 20.6. The van der Waals surface area contributed by atoms with Crippen LogP contribution >= 0.6 is 0 Å². The standard InChI is InChI=1S/C13H23N3O2S/c1-4-13(5-2)6-8-16(9-7-13)19(17,18)12-10-14-15-11(12)3/h10H,4-9H2,1-3H3,(H,14,15). The van der Waals surface area contributed by atoms with Gasteiger partial charge in [-0.1, -0.05) is 26.7 Å². The van der Waals surface area contributed by atoms with Crippen LogP contribution in [0.5, 0.6) is 0 Å². The van der Waals surface area contributed by atoms with E-state index in [1.807, 2.05) is 0 Å². The number of nitrogens with zero attached hydrogens (tertiary/aromatic N) is 2. The molecule has 5 nitrogen and oxygen atoms in total. The summed E-state index contributed by atoms with van der Waals surface area (Å²) in [5, 5.41) is 6.51. The van der Waals surface area contributed by atoms with Gasteiger partial charge in [0.15, 0.2) is 0 Å². The Morgan fingerprint density at radius 1 is 1.32 bits per heavy atom. The van der Waals surface area contributed by atoms with Gasteiger partial charge in [-0.2, -0.15) is 9.40 Å². The Morgan fingerprint density at radius 3 is 2.32 bits per heavy atom. The summed E-state index contributed by atoms with van der Waals surface area (Å²) >= 11 is 0. The van der Waals surface area contributed by atoms with Crippen LogP contribution in [0.25, 0.3) is 0 Å². The zero-order chi connectivity index (χ0) is 14.1. The average Bonchev–Trinajstić information content (AvgIpc) is 2.86. The molecule has 0 atom stereocenters. The number of hydrogen-bond acceptors (Lipinski definition) is 3. The van der Waals surface area contributed by atoms with E-state index in [0.717, 1.165) is 25.7 Å². The molecule has 1 fully saturated rings. The van der Waals surface area contributed by atoms with Crippen molar-refractivity contribution in [2.24, 2.45) is 5.41 Å². The second-order valence-corrected chi connectivity index (χ2v) is 7.38. The molecule has 0 aliphatic carbocycles. The van der Waals surface area contributed by atoms with Crippen LogP contribution < -0.4 is 0 Å². The molecule has 1 aromatic rings. The highest BCUT2D eigenvalue weighted by Gasteiger charge is 2.36. The lowest BCUT2D eigenvalue weighted by molar-refractivity contribution is 0.141. The summed E-state index contributed by atoms with van der Waals surface area (Å²) in [5.41, 5.74) is 0.945. The number of aromatic nitrogens is 2. The highest BCUT2D eigenvalue weighted by Crippen LogP contribution is 2.39. The van der Waals surface area contributed by atoms with Gasteiger partial charge in [0.2, 0.25) is 10.0 Å². The van der Waals surface area contributed by atoms with Crippen molar-refractivity contribution in [3.8, 4) is 0 Å². The van der Waals surface area contributed by atoms with E-state index in [-0.39, 0.29) is 0 Å². The molecule has 0 spiro atoms. The van der Waals surface area contributed by atoms with E-state index >= 15 is 0 Å². The third-order valence-corrected chi connectivity index (χ3v) is 6.70. The number of sulfonamides is 1. The smallest absolute Gasteiger partial charge is 0.246 e. The summed E-state index contributed by atoms with van der Waals surface area (Å²) in [6.45, 7) is 7.39. The average molecular weight is 285 g/mol. The van der Waals surface area contributed by atoms with Crippen LogP contribution in [-0.2, 0) is 10.0 Å². The third kappa shape index (κ3) is 2.56. The highest BCUT2D eigenvalue weighted by molar-refractivity contribution is 7.89. The molecular weight excluding hydrogens is 262 g/mol. The number of rotatable bonds is 4. The number of H-pyrrole nitrogens is 1. The molecule has 19 heavy (non-hydrogen) atoms. The molecule has 0 bridgehead atoms. The first-order valence-electron chi connectivity index (χ1n) is 6.95. The minimum absolute atomic E-state index is 0.313. The minimum atomic E-state index is -3.38. The molecule has 1 aliphatic heterocycles. The van der Waals surface area contributed by atoms with E-state index in [4.69, 9.17) is 0 Å². The summed E-state index contributed by atoms with van der Waals surface area (Å²) in [7, 11) is -3.38. The summed E-state index contributed by atoms with van der Waals surface area (Å²) < 4.78 is 26.7. The van der Waals surface area contributed by atoms with Gasteiger partial charge in [-0.05, 0) is 25.2 Å². The SMILES string of the molecule is CCC1(CC)CCN(S(=O)(=O)c2cn[nH]c2C)CC1. The molecule has 6 heteroatoms. The molecule has 1 aromatic heterocycles. The molecule has 2 heterocycles. The fourth-order valence-electron chi connectivity index (χ4n) is 2.90. The van der Waals surface area contributed by atoms with Crippen LogP contribution in [0.2, 0.25) is 0 Å². The molecule has 0 radical (unpaired) electrons. The van der Waals surface area contributed by atoms with Gasteiger partial charge in [0.05, 0.1) is 11.9 Å². The van der Waals surface area contributed by atoms with Crippen molar-refractivity contribution in [2.75, 3.05) is 13.1 Å². The highest BCUT2D eigenvalue weighted by atomic mass is 32.2. The maximum Gasteiger partial charge on any atom is 0.246 e. The lowest BCUT2D eigenvalue weighted by Gasteiger charge is -2.40. The van der Waals surface area contributed by atoms with Crippen molar-refractivity contribution >= 4 is 10.0 Å². The van der Waals surface area contributed by atoms with E-state index in [1.165, 1.54) is 6.20 Å². The van der Waals surface area contributed by atoms with Gasteiger partial charge < -0.3 is 0 Å². The maximum absolute atomic E-state index is 12.5. The number of aromatic amines is 1. The van der Waals surface area contributed by atoms with Crippen LogP contribution in [0.1, 0.15) is 45.2 Å². The van der Waals surface area contributed by atoms with Gasteiger partial charge >= 0.3 is 0 Å². The quantitative estimate of drug-likeness (QED) is 0.923. The number of piperidine rings is 1. The van der Waals surface area contributed by atoms with E-state index in [0.29, 0.717) is 29.1 Å². The zero-order valence-electron chi connectivity index (χ0n) is 11.9. The zero-order valence-corrected chi connectivity index (χ0v) is 12.8. The first-order chi connectivity index (χ1) is 8.95. The van der Waals surface area contributed by atoms with Gasteiger partial charge in [0.1, 0.15) is 4.90 Å². The predicted molar refractivity (Wildman–Crippen MR) is 74.3 cm³/mol. The Morgan fingerprint density at radius 2 is 1.89 bits per heavy atom. The Kier molecular flexibility index (Phi) is 4.01. The fraction of sp³-hybridized carbons (Fsp3) is 0.769. The second kappa shape index (κ2) is 5.25. The van der Waals surface area contributed by atoms with E-state index in [2.05, 4.69) is 24.0 Å². The topological polar surface area (TPSA) is 66.1 Å². The largest absolute Gasteiger partial charge is 0.281 e. The lowest BCUT2D eigenvalue weighted by atomic mass is 9.75. The monoisotopic (exact) mass is 285 g/mol. The van der Waals surface area contributed by atoms with Crippen LogP contribution in [0.4, 0.5) is 0 Å². The minimum Gasteiger partial charge on any atom is -0.281 e. The van der Waals surface area contributed by atoms with Gasteiger partial charge in [-0.3, -0.25) is 5.10 Å². The maximum atomic E-state index is 12.5. The van der Waals surface area contributed by atoms with Crippen molar-refractivity contribution in [2.45, 2.75) is 51.3 Å². The number of aryl methyl sites for hydroxylation is 1. The third-order valence-electron chi connectivity index (χ3n) is 4.68. The van der Waals surface area contributed by atoms with Crippen LogP contribution in [0.15, 0.2) is 11.1 Å². The van der Waals surface area contributed by atoms with Crippen molar-refractivity contribution in [3.63, 3.8) is 0 Å². The van der Waals surface area contributed by atoms with Crippen LogP contribution in [0, 0.1) is 12.3 Å². The first kappa shape index (κ1) is 14.5. The Hall–Kier alpha value is -0.880. The molecule has 0 amide bonds. The molecule has 0 aromatic carbocycles. The Balaban J connectivity index is 2.16. The van der Waals surface area contributed by atoms with Gasteiger partial charge in [-0.25, -0.2) is 8.42 Å². The van der Waals surface area contributed by atoms with Crippen molar-refractivity contribution in [3.05, 3.63) is 11.9 Å². The Labute approximate surface area is 115 Å². The first-order valence-corrected chi connectivity index (χ1v) is 8.39. The molecule has 1 N–H and O–H groups in total. The van der Waals surface area contributed by atoms with Crippen molar-refractivity contribution in [1.82, 2.24) is 14.5 Å². The summed E-state index contributed by atoms with van der Waals surface area (Å²) in [4.78, 5) is 0.313. The summed E-state index contributed by atoms with van der Waals surface area (Å²) in [5.74, 6) is 0. The van der Waals surface area contributed by atoms with Crippen molar-refractivity contribution < 1.29 is 8.42 Å². The Bertz CT molecular complexity index is 522. The molecule has 2 rings (SSSR count). The lowest BCUT2D eigenvalue weighted by Crippen LogP contribution is -2.42. The van der Waals surface area contributed by atoms with Crippen molar-refractivity contribution in [1.29, 1.82) is 0 Å². The van der Waals surface area contributed by atoms with E-state index < -0.39 is 10.0 Å². The van der Waals surface area contributed by atoms with Crippen LogP contribution in [0.3, 0.4) is 0 Å². The van der Waals surface area contributed by atoms with E-state index in [1.54, 1.807) is 11.2 Å².